The van der Waals surface area contributed by atoms with Crippen LogP contribution in [0.2, 0.25) is 0 Å². The molecule has 24 heavy (non-hydrogen) atoms. The molecule has 0 aliphatic rings. The van der Waals surface area contributed by atoms with Gasteiger partial charge in [-0.25, -0.2) is 4.79 Å². The van der Waals surface area contributed by atoms with Crippen molar-refractivity contribution in [3.8, 4) is 0 Å². The van der Waals surface area contributed by atoms with E-state index in [9.17, 15) is 19.5 Å². The first kappa shape index (κ1) is 19.2. The van der Waals surface area contributed by atoms with E-state index in [0.29, 0.717) is 0 Å². The molecule has 0 fully saturated rings. The molecule has 0 radical (unpaired) electrons. The Bertz CT molecular complexity index is 647. The van der Waals surface area contributed by atoms with E-state index in [1.165, 1.54) is 13.0 Å². The van der Waals surface area contributed by atoms with Gasteiger partial charge in [-0.3, -0.25) is 9.59 Å². The minimum absolute atomic E-state index is 0.156. The zero-order valence-corrected chi connectivity index (χ0v) is 13.4. The maximum Gasteiger partial charge on any atom is 0.333 e. The number of rotatable bonds is 9. The Hall–Kier alpha value is -2.89. The molecule has 0 spiro atoms. The summed E-state index contributed by atoms with van der Waals surface area (Å²) in [7, 11) is 0. The van der Waals surface area contributed by atoms with E-state index in [1.807, 2.05) is 6.07 Å². The molecule has 1 unspecified atom stereocenters. The highest BCUT2D eigenvalue weighted by Crippen LogP contribution is 2.30. The number of esters is 1. The SMILES string of the molecule is C=C(C)C(=O)OCCC(C=Cc1ccccc1)(CC(=O)O)C(=O)O. The second-order valence-electron chi connectivity index (χ2n) is 5.44. The summed E-state index contributed by atoms with van der Waals surface area (Å²) in [5.41, 5.74) is -0.738. The van der Waals surface area contributed by atoms with Crippen molar-refractivity contribution in [2.45, 2.75) is 19.8 Å². The lowest BCUT2D eigenvalue weighted by Gasteiger charge is -2.24. The fourth-order valence-corrected chi connectivity index (χ4v) is 2.02. The highest BCUT2D eigenvalue weighted by Gasteiger charge is 2.38. The number of ether oxygens (including phenoxy) is 1. The van der Waals surface area contributed by atoms with Crippen LogP contribution in [0.25, 0.3) is 6.08 Å². The highest BCUT2D eigenvalue weighted by molar-refractivity contribution is 5.87. The Morgan fingerprint density at radius 1 is 1.21 bits per heavy atom. The molecule has 6 nitrogen and oxygen atoms in total. The third-order valence-electron chi connectivity index (χ3n) is 3.42. The third-order valence-corrected chi connectivity index (χ3v) is 3.42. The van der Waals surface area contributed by atoms with Crippen molar-refractivity contribution in [1.82, 2.24) is 0 Å². The van der Waals surface area contributed by atoms with Crippen molar-refractivity contribution in [1.29, 1.82) is 0 Å². The zero-order valence-electron chi connectivity index (χ0n) is 13.4. The molecule has 0 aromatic heterocycles. The van der Waals surface area contributed by atoms with Gasteiger partial charge in [0.05, 0.1) is 18.4 Å². The molecule has 1 aromatic carbocycles. The van der Waals surface area contributed by atoms with Gasteiger partial charge in [-0.15, -0.1) is 0 Å². The number of hydrogen-bond donors (Lipinski definition) is 2. The molecule has 1 rings (SSSR count). The molecule has 6 heteroatoms. The Morgan fingerprint density at radius 2 is 1.83 bits per heavy atom. The molecule has 0 heterocycles. The number of hydrogen-bond acceptors (Lipinski definition) is 4. The number of carboxylic acid groups (broad SMARTS) is 2. The van der Waals surface area contributed by atoms with Gasteiger partial charge in [0.25, 0.3) is 0 Å². The molecule has 0 aliphatic carbocycles. The minimum atomic E-state index is -1.67. The first-order valence-electron chi connectivity index (χ1n) is 7.29. The molecular weight excluding hydrogens is 312 g/mol. The van der Waals surface area contributed by atoms with E-state index in [2.05, 4.69) is 6.58 Å². The Labute approximate surface area is 140 Å². The normalized spacial score (nSPS) is 13.2. The molecule has 2 N–H and O–H groups in total. The molecular formula is C18H20O6. The number of benzene rings is 1. The van der Waals surface area contributed by atoms with E-state index in [4.69, 9.17) is 9.84 Å². The van der Waals surface area contributed by atoms with E-state index >= 15 is 0 Å². The average molecular weight is 332 g/mol. The van der Waals surface area contributed by atoms with Crippen LogP contribution in [-0.4, -0.2) is 34.7 Å². The Balaban J connectivity index is 2.98. The quantitative estimate of drug-likeness (QED) is 0.533. The predicted octanol–water partition coefficient (Wildman–Crippen LogP) is 2.75. The van der Waals surface area contributed by atoms with E-state index < -0.39 is 29.7 Å². The molecule has 128 valence electrons. The molecule has 0 aliphatic heterocycles. The first-order chi connectivity index (χ1) is 11.3. The fraction of sp³-hybridized carbons (Fsp3) is 0.278. The summed E-state index contributed by atoms with van der Waals surface area (Å²) in [5, 5.41) is 18.6. The lowest BCUT2D eigenvalue weighted by molar-refractivity contribution is -0.154. The zero-order chi connectivity index (χ0) is 18.2. The summed E-state index contributed by atoms with van der Waals surface area (Å²) in [5.74, 6) is -3.18. The van der Waals surface area contributed by atoms with E-state index in [1.54, 1.807) is 30.3 Å². The molecule has 0 saturated heterocycles. The standard InChI is InChI=1S/C18H20O6/c1-13(2)16(21)24-11-10-18(17(22)23,12-15(19)20)9-8-14-6-4-3-5-7-14/h3-9H,1,10-12H2,2H3,(H,19,20)(H,22,23). The van der Waals surface area contributed by atoms with Gasteiger partial charge >= 0.3 is 17.9 Å². The lowest BCUT2D eigenvalue weighted by Crippen LogP contribution is -2.33. The predicted molar refractivity (Wildman–Crippen MR) is 88.2 cm³/mol. The molecule has 1 aromatic rings. The van der Waals surface area contributed by atoms with Crippen LogP contribution >= 0.6 is 0 Å². The second kappa shape index (κ2) is 8.67. The molecule has 0 bridgehead atoms. The Morgan fingerprint density at radius 3 is 2.33 bits per heavy atom. The van der Waals surface area contributed by atoms with Gasteiger partial charge in [0.1, 0.15) is 0 Å². The molecule has 0 saturated carbocycles. The second-order valence-corrected chi connectivity index (χ2v) is 5.44. The minimum Gasteiger partial charge on any atom is -0.481 e. The van der Waals surface area contributed by atoms with Gasteiger partial charge in [0.15, 0.2) is 0 Å². The third kappa shape index (κ3) is 5.72. The maximum atomic E-state index is 11.7. The number of carbonyl (C=O) groups excluding carboxylic acids is 1. The van der Waals surface area contributed by atoms with Gasteiger partial charge in [0, 0.05) is 12.0 Å². The van der Waals surface area contributed by atoms with Crippen molar-refractivity contribution in [3.05, 3.63) is 54.1 Å². The Kier molecular flexibility index (Phi) is 6.92. The van der Waals surface area contributed by atoms with Gasteiger partial charge in [-0.2, -0.15) is 0 Å². The van der Waals surface area contributed by atoms with Crippen molar-refractivity contribution in [2.75, 3.05) is 6.61 Å². The number of carbonyl (C=O) groups is 3. The summed E-state index contributed by atoms with van der Waals surface area (Å²) in [6.45, 7) is 4.68. The number of aliphatic carboxylic acids is 2. The molecule has 1 atom stereocenters. The summed E-state index contributed by atoms with van der Waals surface area (Å²) in [4.78, 5) is 34.2. The highest BCUT2D eigenvalue weighted by atomic mass is 16.5. The average Bonchev–Trinajstić information content (AvgIpc) is 2.52. The van der Waals surface area contributed by atoms with Gasteiger partial charge < -0.3 is 14.9 Å². The largest absolute Gasteiger partial charge is 0.481 e. The van der Waals surface area contributed by atoms with Crippen LogP contribution in [-0.2, 0) is 19.1 Å². The van der Waals surface area contributed by atoms with E-state index in [0.717, 1.165) is 5.56 Å². The van der Waals surface area contributed by atoms with Crippen molar-refractivity contribution in [2.24, 2.45) is 5.41 Å². The topological polar surface area (TPSA) is 101 Å². The monoisotopic (exact) mass is 332 g/mol. The van der Waals surface area contributed by atoms with Crippen molar-refractivity contribution >= 4 is 24.0 Å². The first-order valence-corrected chi connectivity index (χ1v) is 7.29. The summed E-state index contributed by atoms with van der Waals surface area (Å²) in [6, 6.07) is 8.92. The van der Waals surface area contributed by atoms with Crippen LogP contribution < -0.4 is 0 Å². The van der Waals surface area contributed by atoms with Crippen LogP contribution in [0.3, 0.4) is 0 Å². The summed E-state index contributed by atoms with van der Waals surface area (Å²) in [6.07, 6.45) is 2.12. The van der Waals surface area contributed by atoms with Crippen LogP contribution in [0.1, 0.15) is 25.3 Å². The van der Waals surface area contributed by atoms with Crippen LogP contribution in [0.5, 0.6) is 0 Å². The van der Waals surface area contributed by atoms with Crippen LogP contribution in [0.15, 0.2) is 48.6 Å². The van der Waals surface area contributed by atoms with Gasteiger partial charge in [-0.1, -0.05) is 49.1 Å². The lowest BCUT2D eigenvalue weighted by atomic mass is 9.80. The van der Waals surface area contributed by atoms with Crippen molar-refractivity contribution < 1.29 is 29.3 Å². The number of carboxylic acids is 2. The maximum absolute atomic E-state index is 11.7. The van der Waals surface area contributed by atoms with Crippen molar-refractivity contribution in [3.63, 3.8) is 0 Å². The van der Waals surface area contributed by atoms with Crippen LogP contribution in [0, 0.1) is 5.41 Å². The van der Waals surface area contributed by atoms with E-state index in [-0.39, 0.29) is 18.6 Å². The van der Waals surface area contributed by atoms with Gasteiger partial charge in [0.2, 0.25) is 0 Å². The van der Waals surface area contributed by atoms with Gasteiger partial charge in [-0.05, 0) is 12.5 Å². The molecule has 0 amide bonds. The fourth-order valence-electron chi connectivity index (χ4n) is 2.02. The van der Waals surface area contributed by atoms with Crippen LogP contribution in [0.4, 0.5) is 0 Å². The summed E-state index contributed by atoms with van der Waals surface area (Å²) < 4.78 is 4.91. The smallest absolute Gasteiger partial charge is 0.333 e. The summed E-state index contributed by atoms with van der Waals surface area (Å²) >= 11 is 0.